The van der Waals surface area contributed by atoms with Gasteiger partial charge in [0.15, 0.2) is 17.3 Å². The summed E-state index contributed by atoms with van der Waals surface area (Å²) in [4.78, 5) is 42.4. The molecule has 3 aromatic rings. The fraction of sp³-hybridized carbons (Fsp3) is 0.333. The van der Waals surface area contributed by atoms with Crippen molar-refractivity contribution in [2.75, 3.05) is 24.5 Å². The smallest absolute Gasteiger partial charge is 0.322 e. The molecule has 10 heteroatoms. The predicted molar refractivity (Wildman–Crippen MR) is 125 cm³/mol. The number of carbonyl (C=O) groups is 2. The van der Waals surface area contributed by atoms with Crippen molar-refractivity contribution in [2.24, 2.45) is 5.92 Å². The van der Waals surface area contributed by atoms with E-state index in [1.165, 1.54) is 0 Å². The highest BCUT2D eigenvalue weighted by molar-refractivity contribution is 5.96. The molecule has 1 aliphatic rings. The van der Waals surface area contributed by atoms with Crippen LogP contribution in [-0.2, 0) is 11.2 Å². The molecule has 176 valence electrons. The van der Waals surface area contributed by atoms with Crippen LogP contribution in [0, 0.1) is 12.8 Å². The van der Waals surface area contributed by atoms with Gasteiger partial charge in [0.1, 0.15) is 12.4 Å². The summed E-state index contributed by atoms with van der Waals surface area (Å²) in [6.45, 7) is 2.82. The van der Waals surface area contributed by atoms with Crippen LogP contribution < -0.4 is 10.2 Å². The molecule has 34 heavy (non-hydrogen) atoms. The maximum Gasteiger partial charge on any atom is 0.322 e. The van der Waals surface area contributed by atoms with Gasteiger partial charge >= 0.3 is 5.97 Å². The monoisotopic (exact) mass is 462 g/mol. The third-order valence-corrected chi connectivity index (χ3v) is 5.86. The molecular weight excluding hydrogens is 436 g/mol. The Labute approximate surface area is 196 Å². The topological polar surface area (TPSA) is 141 Å². The van der Waals surface area contributed by atoms with E-state index in [0.29, 0.717) is 29.7 Å². The van der Waals surface area contributed by atoms with Crippen molar-refractivity contribution in [1.82, 2.24) is 25.3 Å². The van der Waals surface area contributed by atoms with E-state index in [-0.39, 0.29) is 11.4 Å². The number of hydrogen-bond donors (Lipinski definition) is 3. The molecule has 0 radical (unpaired) electrons. The minimum Gasteiger partial charge on any atom is -0.504 e. The lowest BCUT2D eigenvalue weighted by molar-refractivity contribution is -0.135. The molecule has 0 atom stereocenters. The zero-order valence-corrected chi connectivity index (χ0v) is 18.8. The maximum absolute atomic E-state index is 12.2. The first-order chi connectivity index (χ1) is 16.4. The molecule has 1 aliphatic heterocycles. The van der Waals surface area contributed by atoms with E-state index in [0.717, 1.165) is 37.2 Å². The molecule has 0 unspecified atom stereocenters. The van der Waals surface area contributed by atoms with E-state index in [1.807, 2.05) is 12.1 Å². The van der Waals surface area contributed by atoms with Gasteiger partial charge in [0.25, 0.3) is 5.91 Å². The van der Waals surface area contributed by atoms with Gasteiger partial charge in [-0.05, 0) is 56.0 Å². The van der Waals surface area contributed by atoms with Gasteiger partial charge in [0, 0.05) is 43.2 Å². The lowest BCUT2D eigenvalue weighted by Crippen LogP contribution is -2.34. The van der Waals surface area contributed by atoms with Gasteiger partial charge in [-0.25, -0.2) is 19.9 Å². The van der Waals surface area contributed by atoms with Crippen LogP contribution in [0.25, 0.3) is 11.4 Å². The summed E-state index contributed by atoms with van der Waals surface area (Å²) < 4.78 is 0. The summed E-state index contributed by atoms with van der Waals surface area (Å²) >= 11 is 0. The molecule has 3 heterocycles. The van der Waals surface area contributed by atoms with Crippen molar-refractivity contribution >= 4 is 17.6 Å². The number of benzene rings is 1. The summed E-state index contributed by atoms with van der Waals surface area (Å²) in [5.74, 6) is -0.716. The Hall–Kier alpha value is -4.08. The van der Waals surface area contributed by atoms with Crippen molar-refractivity contribution in [1.29, 1.82) is 0 Å². The third kappa shape index (κ3) is 5.45. The Morgan fingerprint density at radius 2 is 1.76 bits per heavy atom. The van der Waals surface area contributed by atoms with Crippen LogP contribution in [0.3, 0.4) is 0 Å². The highest BCUT2D eigenvalue weighted by Gasteiger charge is 2.23. The van der Waals surface area contributed by atoms with Crippen molar-refractivity contribution in [2.45, 2.75) is 26.2 Å². The first-order valence-corrected chi connectivity index (χ1v) is 11.1. The summed E-state index contributed by atoms with van der Waals surface area (Å²) in [6.07, 6.45) is 5.91. The van der Waals surface area contributed by atoms with Crippen LogP contribution in [0.1, 0.15) is 34.8 Å². The SMILES string of the molecule is Cc1nc(CC2CCN(c3ccc(-c4ncccn4)cc3)CC2)nc(C(=O)NCC(=O)O)c1O. The molecule has 0 spiro atoms. The Morgan fingerprint density at radius 1 is 1.09 bits per heavy atom. The van der Waals surface area contributed by atoms with Gasteiger partial charge in [-0.2, -0.15) is 0 Å². The molecule has 1 fully saturated rings. The molecule has 1 aromatic carbocycles. The van der Waals surface area contributed by atoms with Gasteiger partial charge in [0.2, 0.25) is 0 Å². The zero-order chi connectivity index (χ0) is 24.1. The molecule has 1 saturated heterocycles. The lowest BCUT2D eigenvalue weighted by Gasteiger charge is -2.33. The Balaban J connectivity index is 1.37. The fourth-order valence-electron chi connectivity index (χ4n) is 4.04. The summed E-state index contributed by atoms with van der Waals surface area (Å²) in [7, 11) is 0. The van der Waals surface area contributed by atoms with Crippen molar-refractivity contribution in [3.8, 4) is 17.1 Å². The molecule has 1 amide bonds. The van der Waals surface area contributed by atoms with E-state index >= 15 is 0 Å². The molecule has 4 rings (SSSR count). The number of anilines is 1. The number of aromatic hydroxyl groups is 1. The van der Waals surface area contributed by atoms with Crippen LogP contribution in [0.2, 0.25) is 0 Å². The number of hydrogen-bond acceptors (Lipinski definition) is 8. The molecular formula is C24H26N6O4. The second-order valence-electron chi connectivity index (χ2n) is 8.25. The zero-order valence-electron chi connectivity index (χ0n) is 18.8. The molecule has 10 nitrogen and oxygen atoms in total. The Morgan fingerprint density at radius 3 is 2.41 bits per heavy atom. The van der Waals surface area contributed by atoms with Crippen LogP contribution in [0.4, 0.5) is 5.69 Å². The number of aromatic nitrogens is 4. The van der Waals surface area contributed by atoms with Gasteiger partial charge in [-0.15, -0.1) is 0 Å². The number of aliphatic carboxylic acids is 1. The third-order valence-electron chi connectivity index (χ3n) is 5.86. The number of carboxylic acid groups (broad SMARTS) is 1. The molecule has 0 saturated carbocycles. The molecule has 0 aliphatic carbocycles. The van der Waals surface area contributed by atoms with Crippen molar-refractivity contribution < 1.29 is 19.8 Å². The number of piperidine rings is 1. The minimum atomic E-state index is -1.17. The van der Waals surface area contributed by atoms with Gasteiger partial charge in [-0.1, -0.05) is 0 Å². The number of amides is 1. The van der Waals surface area contributed by atoms with Crippen LogP contribution in [0.15, 0.2) is 42.7 Å². The standard InChI is InChI=1S/C24H26N6O4/c1-15-22(33)21(24(34)27-14-20(31)32)29-19(28-15)13-16-7-11-30(12-8-16)18-5-3-17(4-6-18)23-25-9-2-10-26-23/h2-6,9-10,16,33H,7-8,11-14H2,1H3,(H,27,34)(H,31,32). The molecule has 0 bridgehead atoms. The summed E-state index contributed by atoms with van der Waals surface area (Å²) in [6, 6.07) is 10.0. The fourth-order valence-corrected chi connectivity index (χ4v) is 4.04. The van der Waals surface area contributed by atoms with Gasteiger partial charge in [-0.3, -0.25) is 9.59 Å². The number of rotatable bonds is 7. The normalized spacial score (nSPS) is 14.1. The van der Waals surface area contributed by atoms with Gasteiger partial charge in [0.05, 0.1) is 5.69 Å². The highest BCUT2D eigenvalue weighted by Crippen LogP contribution is 2.28. The predicted octanol–water partition coefficient (Wildman–Crippen LogP) is 2.22. The number of aryl methyl sites for hydroxylation is 1. The molecule has 3 N–H and O–H groups in total. The lowest BCUT2D eigenvalue weighted by atomic mass is 9.92. The Kier molecular flexibility index (Phi) is 6.95. The number of carbonyl (C=O) groups excluding carboxylic acids is 1. The maximum atomic E-state index is 12.2. The van der Waals surface area contributed by atoms with E-state index in [2.05, 4.69) is 42.3 Å². The van der Waals surface area contributed by atoms with Crippen molar-refractivity contribution in [3.63, 3.8) is 0 Å². The van der Waals surface area contributed by atoms with Gasteiger partial charge < -0.3 is 20.4 Å². The minimum absolute atomic E-state index is 0.191. The number of carboxylic acids is 1. The van der Waals surface area contributed by atoms with Crippen LogP contribution in [-0.4, -0.2) is 61.7 Å². The highest BCUT2D eigenvalue weighted by atomic mass is 16.4. The molecule has 2 aromatic heterocycles. The second-order valence-corrected chi connectivity index (χ2v) is 8.25. The number of nitrogens with one attached hydrogen (secondary N) is 1. The van der Waals surface area contributed by atoms with Crippen molar-refractivity contribution in [3.05, 3.63) is 59.9 Å². The quantitative estimate of drug-likeness (QED) is 0.482. The summed E-state index contributed by atoms with van der Waals surface area (Å²) in [5, 5.41) is 21.2. The van der Waals surface area contributed by atoms with E-state index in [1.54, 1.807) is 25.4 Å². The van der Waals surface area contributed by atoms with E-state index < -0.39 is 18.4 Å². The van der Waals surface area contributed by atoms with Crippen LogP contribution >= 0.6 is 0 Å². The Bertz CT molecular complexity index is 1160. The summed E-state index contributed by atoms with van der Waals surface area (Å²) in [5.41, 5.74) is 2.23. The average Bonchev–Trinajstić information content (AvgIpc) is 2.86. The number of nitrogens with zero attached hydrogens (tertiary/aromatic N) is 5. The first kappa shape index (κ1) is 23.1. The first-order valence-electron chi connectivity index (χ1n) is 11.1. The van der Waals surface area contributed by atoms with E-state index in [9.17, 15) is 14.7 Å². The largest absolute Gasteiger partial charge is 0.504 e. The average molecular weight is 463 g/mol. The van der Waals surface area contributed by atoms with E-state index in [4.69, 9.17) is 5.11 Å². The van der Waals surface area contributed by atoms with Crippen LogP contribution in [0.5, 0.6) is 5.75 Å². The second kappa shape index (κ2) is 10.2.